The average molecular weight is 1090 g/mol. The highest BCUT2D eigenvalue weighted by Gasteiger charge is 2.38. The van der Waals surface area contributed by atoms with Gasteiger partial charge in [-0.15, -0.1) is 16.9 Å². The lowest BCUT2D eigenvalue weighted by molar-refractivity contribution is -0.138. The molecule has 2 aliphatic rings. The van der Waals surface area contributed by atoms with Crippen LogP contribution in [0.2, 0.25) is 0 Å². The fourth-order valence-corrected chi connectivity index (χ4v) is 9.18. The van der Waals surface area contributed by atoms with Gasteiger partial charge in [0.15, 0.2) is 0 Å². The Labute approximate surface area is 448 Å². The molecule has 7 N–H and O–H groups in total. The quantitative estimate of drug-likeness (QED) is 0.0173. The number of carbonyl (C=O) groups is 4. The van der Waals surface area contributed by atoms with Crippen LogP contribution in [0, 0.1) is 0 Å². The van der Waals surface area contributed by atoms with Crippen molar-refractivity contribution in [3.63, 3.8) is 0 Å². The zero-order chi connectivity index (χ0) is 54.6. The van der Waals surface area contributed by atoms with Gasteiger partial charge in [0.05, 0.1) is 109 Å². The second kappa shape index (κ2) is 38.8. The number of aliphatic hydroxyl groups is 1. The molecule has 5 rings (SSSR count). The number of likely N-dealkylation sites (tertiary alicyclic amines) is 1. The van der Waals surface area contributed by atoms with Gasteiger partial charge in [-0.3, -0.25) is 24.1 Å². The number of amides is 4. The Balaban J connectivity index is 0.00000361. The summed E-state index contributed by atoms with van der Waals surface area (Å²) in [7, 11) is 0.586. The van der Waals surface area contributed by atoms with E-state index < -0.39 is 13.9 Å². The number of aromatic nitrogens is 3. The molecule has 420 valence electrons. The lowest BCUT2D eigenvalue weighted by Crippen LogP contribution is -2.37. The van der Waals surface area contributed by atoms with E-state index in [-0.39, 0.29) is 62.5 Å². The van der Waals surface area contributed by atoms with E-state index in [0.717, 1.165) is 73.0 Å². The van der Waals surface area contributed by atoms with Gasteiger partial charge in [-0.2, -0.15) is 0 Å². The number of para-hydroxylation sites is 1. The Kier molecular flexibility index (Phi) is 33.5. The number of hydrazine groups is 1. The van der Waals surface area contributed by atoms with Crippen molar-refractivity contribution < 1.29 is 61.9 Å². The molecule has 2 unspecified atom stereocenters. The third-order valence-electron chi connectivity index (χ3n) is 11.4. The predicted molar refractivity (Wildman–Crippen MR) is 290 cm³/mol. The smallest absolute Gasteiger partial charge is 0.329 e. The van der Waals surface area contributed by atoms with Crippen molar-refractivity contribution in [3.8, 4) is 22.5 Å². The Bertz CT molecular complexity index is 2140. The van der Waals surface area contributed by atoms with E-state index in [4.69, 9.17) is 49.4 Å². The van der Waals surface area contributed by atoms with Gasteiger partial charge in [0, 0.05) is 69.6 Å². The van der Waals surface area contributed by atoms with E-state index in [2.05, 4.69) is 15.6 Å². The minimum Gasteiger partial charge on any atom is -0.401 e. The Hall–Kier alpha value is -4.62. The van der Waals surface area contributed by atoms with Gasteiger partial charge in [-0.1, -0.05) is 81.3 Å². The summed E-state index contributed by atoms with van der Waals surface area (Å²) < 4.78 is 39.9. The number of hydrogen-bond donors (Lipinski definition) is 5. The molecular formula is C51H82N9O13PS. The molecule has 1 fully saturated rings. The summed E-state index contributed by atoms with van der Waals surface area (Å²) >= 11 is 1.47. The van der Waals surface area contributed by atoms with Crippen molar-refractivity contribution >= 4 is 49.7 Å². The van der Waals surface area contributed by atoms with Crippen molar-refractivity contribution in [1.29, 1.82) is 0 Å². The van der Waals surface area contributed by atoms with E-state index in [0.29, 0.717) is 97.1 Å². The molecule has 0 bridgehead atoms. The van der Waals surface area contributed by atoms with Gasteiger partial charge >= 0.3 is 8.60 Å². The van der Waals surface area contributed by atoms with Crippen molar-refractivity contribution in [2.75, 3.05) is 117 Å². The van der Waals surface area contributed by atoms with E-state index >= 15 is 0 Å². The number of imide groups is 1. The molecular weight excluding hydrogens is 1010 g/mol. The average Bonchev–Trinajstić information content (AvgIpc) is 3.96. The predicted octanol–water partition coefficient (Wildman–Crippen LogP) is 4.76. The Morgan fingerprint density at radius 1 is 0.840 bits per heavy atom. The maximum Gasteiger partial charge on any atom is 0.329 e. The third-order valence-corrected chi connectivity index (χ3v) is 13.4. The second-order valence-electron chi connectivity index (χ2n) is 16.5. The van der Waals surface area contributed by atoms with Gasteiger partial charge < -0.3 is 63.7 Å². The van der Waals surface area contributed by atoms with Crippen LogP contribution in [0.4, 0.5) is 5.69 Å². The molecule has 4 amide bonds. The highest BCUT2D eigenvalue weighted by Crippen LogP contribution is 2.41. The number of fused-ring (bicyclic) bond motifs is 5. The van der Waals surface area contributed by atoms with E-state index in [9.17, 15) is 24.1 Å². The standard InChI is InChI=1S/C48H72N9O12PS.C2H6.CH4O/c1-3-38(49)36-54(50)20-23-64-25-27-66-29-31-68-32-30-67-28-26-65-24-21-57-47-39-13-7-6-12-37(39)35-56(41-15-9-8-14-40(41)46(47)52-53-57)44(59)16-18-51-43(58)17-19-55-45(60)34-42(48(55)61)71-33-11-5-4-10-22-69-70(62)63-2;2*1-2/h6-9,12-15,36,42,62H,3-5,10-11,16-35,49-50H2,1-2H3,(H,51,58);1-2H3;2H,1H3/b38-36-;;. The highest BCUT2D eigenvalue weighted by molar-refractivity contribution is 8.00. The summed E-state index contributed by atoms with van der Waals surface area (Å²) in [6, 6.07) is 15.4. The number of nitrogens with one attached hydrogen (secondary N) is 1. The Morgan fingerprint density at radius 2 is 1.45 bits per heavy atom. The molecule has 24 heteroatoms. The van der Waals surface area contributed by atoms with Crippen LogP contribution < -0.4 is 21.8 Å². The fourth-order valence-electron chi connectivity index (χ4n) is 7.61. The molecule has 22 nitrogen and oxygen atoms in total. The molecule has 0 aliphatic carbocycles. The number of carbonyl (C=O) groups excluding carboxylic acids is 4. The minimum atomic E-state index is -1.81. The van der Waals surface area contributed by atoms with Gasteiger partial charge in [-0.25, -0.2) is 10.5 Å². The number of anilines is 1. The number of nitrogens with two attached hydrogens (primary N) is 2. The zero-order valence-electron chi connectivity index (χ0n) is 44.5. The van der Waals surface area contributed by atoms with Crippen LogP contribution in [-0.2, 0) is 65.0 Å². The number of aliphatic hydroxyl groups excluding tert-OH is 1. The summed E-state index contributed by atoms with van der Waals surface area (Å²) in [4.78, 5) is 64.9. The van der Waals surface area contributed by atoms with E-state index in [1.165, 1.54) is 28.8 Å². The number of nitrogens with zero attached hydrogens (tertiary/aromatic N) is 6. The number of allylic oxidation sites excluding steroid dienone is 1. The van der Waals surface area contributed by atoms with Gasteiger partial charge in [0.25, 0.3) is 0 Å². The van der Waals surface area contributed by atoms with Crippen molar-refractivity contribution in [2.45, 2.75) is 90.5 Å². The highest BCUT2D eigenvalue weighted by atomic mass is 32.2. The maximum absolute atomic E-state index is 14.0. The topological polar surface area (TPSA) is 278 Å². The number of ether oxygens (including phenoxy) is 5. The summed E-state index contributed by atoms with van der Waals surface area (Å²) in [6.45, 7) is 12.0. The van der Waals surface area contributed by atoms with Crippen LogP contribution in [0.3, 0.4) is 0 Å². The van der Waals surface area contributed by atoms with Crippen molar-refractivity contribution in [2.24, 2.45) is 11.6 Å². The van der Waals surface area contributed by atoms with Crippen LogP contribution in [0.25, 0.3) is 22.5 Å². The monoisotopic (exact) mass is 1090 g/mol. The van der Waals surface area contributed by atoms with Crippen LogP contribution in [0.1, 0.15) is 77.7 Å². The van der Waals surface area contributed by atoms with Crippen LogP contribution in [-0.4, -0.2) is 176 Å². The van der Waals surface area contributed by atoms with Crippen LogP contribution in [0.15, 0.2) is 60.4 Å². The Morgan fingerprint density at radius 3 is 2.12 bits per heavy atom. The van der Waals surface area contributed by atoms with Gasteiger partial charge in [0.1, 0.15) is 5.69 Å². The molecule has 1 saturated heterocycles. The lowest BCUT2D eigenvalue weighted by atomic mass is 9.95. The first-order valence-electron chi connectivity index (χ1n) is 25.7. The molecule has 2 aromatic carbocycles. The summed E-state index contributed by atoms with van der Waals surface area (Å²) in [5, 5.41) is 20.0. The SMILES string of the molecule is CC.CC/C(N)=C/N(N)CCOCCOCCOCCOCCOCCn1nnc2c1-c1ccccc1CN(C(=O)CCNC(=O)CCN1C(=O)CC(SCCCCCCOP(O)OC)C1=O)c1ccccc1-2.CO. The first-order chi connectivity index (χ1) is 36.6. The molecule has 75 heavy (non-hydrogen) atoms. The largest absolute Gasteiger partial charge is 0.401 e. The first kappa shape index (κ1) is 64.7. The molecule has 3 heterocycles. The molecule has 1 aromatic heterocycles. The molecule has 0 saturated carbocycles. The number of thioether (sulfide) groups is 1. The van der Waals surface area contributed by atoms with Crippen LogP contribution >= 0.6 is 20.4 Å². The van der Waals surface area contributed by atoms with Crippen molar-refractivity contribution in [1.82, 2.24) is 30.2 Å². The number of rotatable bonds is 36. The fraction of sp³-hybridized carbons (Fsp3) is 0.608. The molecule has 2 atom stereocenters. The van der Waals surface area contributed by atoms with Crippen molar-refractivity contribution in [3.05, 3.63) is 66.0 Å². The number of hydrogen-bond acceptors (Lipinski definition) is 19. The molecule has 0 spiro atoms. The van der Waals surface area contributed by atoms with E-state index in [1.807, 2.05) is 74.0 Å². The van der Waals surface area contributed by atoms with Gasteiger partial charge in [-0.05, 0) is 36.6 Å². The molecule has 3 aromatic rings. The summed E-state index contributed by atoms with van der Waals surface area (Å²) in [5.74, 6) is 5.48. The van der Waals surface area contributed by atoms with Crippen LogP contribution in [0.5, 0.6) is 0 Å². The number of unbranched alkanes of at least 4 members (excludes halogenated alkanes) is 3. The minimum absolute atomic E-state index is 0.0129. The van der Waals surface area contributed by atoms with E-state index in [1.54, 1.807) is 11.1 Å². The normalized spacial score (nSPS) is 14.4. The second-order valence-corrected chi connectivity index (χ2v) is 18.9. The first-order valence-corrected chi connectivity index (χ1v) is 27.9. The summed E-state index contributed by atoms with van der Waals surface area (Å²) in [5.41, 5.74) is 11.2. The molecule has 2 aliphatic heterocycles. The zero-order valence-corrected chi connectivity index (χ0v) is 46.2. The summed E-state index contributed by atoms with van der Waals surface area (Å²) in [6.07, 6.45) is 6.07. The maximum atomic E-state index is 14.0. The number of benzene rings is 2. The molecule has 0 radical (unpaired) electrons. The lowest BCUT2D eigenvalue weighted by Gasteiger charge is -2.28. The van der Waals surface area contributed by atoms with Gasteiger partial charge in [0.2, 0.25) is 23.6 Å². The third kappa shape index (κ3) is 23.3.